The molecular weight excluding hydrogens is 471 g/mol. The molecule has 1 N–H and O–H groups in total. The Balaban J connectivity index is 0.00000280. The van der Waals surface area contributed by atoms with Gasteiger partial charge in [-0.1, -0.05) is 19.8 Å². The van der Waals surface area contributed by atoms with Gasteiger partial charge in [-0.3, -0.25) is 9.79 Å². The van der Waals surface area contributed by atoms with Gasteiger partial charge in [-0.15, -0.1) is 24.0 Å². The van der Waals surface area contributed by atoms with Gasteiger partial charge in [0.05, 0.1) is 12.7 Å². The number of carbonyl (C=O) groups is 1. The highest BCUT2D eigenvalue weighted by Crippen LogP contribution is 2.26. The van der Waals surface area contributed by atoms with Crippen LogP contribution in [0.3, 0.4) is 0 Å². The third kappa shape index (κ3) is 6.45. The third-order valence-electron chi connectivity index (χ3n) is 6.06. The Hall–Kier alpha value is -0.610. The highest BCUT2D eigenvalue weighted by Gasteiger charge is 2.31. The first-order valence-corrected chi connectivity index (χ1v) is 10.7. The van der Waals surface area contributed by atoms with E-state index < -0.39 is 0 Å². The van der Waals surface area contributed by atoms with Crippen LogP contribution in [0.1, 0.15) is 45.4 Å². The van der Waals surface area contributed by atoms with E-state index in [1.165, 1.54) is 25.7 Å². The van der Waals surface area contributed by atoms with Gasteiger partial charge in [0.2, 0.25) is 0 Å². The number of rotatable bonds is 5. The predicted octanol–water partition coefficient (Wildman–Crippen LogP) is 2.10. The molecule has 0 aromatic heterocycles. The van der Waals surface area contributed by atoms with Crippen LogP contribution < -0.4 is 5.32 Å². The molecule has 2 heterocycles. The Morgan fingerprint density at radius 2 is 1.82 bits per heavy atom. The van der Waals surface area contributed by atoms with Crippen LogP contribution in [0.15, 0.2) is 4.99 Å². The second-order valence-electron chi connectivity index (χ2n) is 7.96. The van der Waals surface area contributed by atoms with Crippen LogP contribution in [-0.2, 0) is 14.3 Å². The lowest BCUT2D eigenvalue weighted by atomic mass is 9.88. The summed E-state index contributed by atoms with van der Waals surface area (Å²) in [6.45, 7) is 7.57. The largest absolute Gasteiger partial charge is 0.376 e. The number of carbonyl (C=O) groups excluding carboxylic acids is 1. The number of hydrogen-bond donors (Lipinski definition) is 1. The molecule has 3 unspecified atom stereocenters. The molecule has 1 saturated carbocycles. The van der Waals surface area contributed by atoms with Crippen molar-refractivity contribution in [3.8, 4) is 0 Å². The molecule has 0 spiro atoms. The van der Waals surface area contributed by atoms with Gasteiger partial charge in [-0.05, 0) is 31.6 Å². The monoisotopic (exact) mass is 508 g/mol. The Kier molecular flexibility index (Phi) is 10.3. The number of nitrogens with one attached hydrogen (secondary N) is 1. The van der Waals surface area contributed by atoms with E-state index in [2.05, 4.69) is 22.1 Å². The van der Waals surface area contributed by atoms with Crippen LogP contribution in [0.4, 0.5) is 0 Å². The van der Waals surface area contributed by atoms with Gasteiger partial charge < -0.3 is 24.6 Å². The van der Waals surface area contributed by atoms with Crippen molar-refractivity contribution in [2.24, 2.45) is 10.9 Å². The summed E-state index contributed by atoms with van der Waals surface area (Å²) in [5, 5.41) is 3.42. The number of halogens is 1. The molecule has 2 aliphatic heterocycles. The minimum Gasteiger partial charge on any atom is -0.376 e. The molecule has 0 aromatic carbocycles. The average Bonchev–Trinajstić information content (AvgIpc) is 3.24. The lowest BCUT2D eigenvalue weighted by Gasteiger charge is -2.37. The molecule has 8 heteroatoms. The quantitative estimate of drug-likeness (QED) is 0.267. The summed E-state index contributed by atoms with van der Waals surface area (Å²) in [6, 6.07) is 0. The van der Waals surface area contributed by atoms with Gasteiger partial charge in [0.1, 0.15) is 6.10 Å². The molecule has 7 nitrogen and oxygen atoms in total. The zero-order chi connectivity index (χ0) is 19.1. The highest BCUT2D eigenvalue weighted by atomic mass is 127. The fourth-order valence-electron chi connectivity index (χ4n) is 4.35. The van der Waals surface area contributed by atoms with Crippen molar-refractivity contribution >= 4 is 35.8 Å². The van der Waals surface area contributed by atoms with Crippen molar-refractivity contribution in [1.29, 1.82) is 0 Å². The second kappa shape index (κ2) is 12.2. The normalized spacial score (nSPS) is 28.8. The van der Waals surface area contributed by atoms with E-state index in [9.17, 15) is 4.79 Å². The number of nitrogens with zero attached hydrogens (tertiary/aromatic N) is 3. The molecule has 2 saturated heterocycles. The first kappa shape index (κ1) is 23.7. The summed E-state index contributed by atoms with van der Waals surface area (Å²) < 4.78 is 11.6. The van der Waals surface area contributed by atoms with E-state index in [4.69, 9.17) is 9.47 Å². The molecule has 1 amide bonds. The highest BCUT2D eigenvalue weighted by molar-refractivity contribution is 14.0. The maximum Gasteiger partial charge on any atom is 0.251 e. The van der Waals surface area contributed by atoms with Crippen molar-refractivity contribution < 1.29 is 14.3 Å². The summed E-state index contributed by atoms with van der Waals surface area (Å²) in [7, 11) is 1.82. The summed E-state index contributed by atoms with van der Waals surface area (Å²) in [6.07, 6.45) is 7.16. The Labute approximate surface area is 186 Å². The van der Waals surface area contributed by atoms with E-state index in [1.54, 1.807) is 0 Å². The number of ether oxygens (including phenoxy) is 2. The van der Waals surface area contributed by atoms with Gasteiger partial charge in [-0.25, -0.2) is 0 Å². The van der Waals surface area contributed by atoms with Crippen molar-refractivity contribution in [1.82, 2.24) is 15.1 Å². The Morgan fingerprint density at radius 1 is 1.11 bits per heavy atom. The molecule has 3 aliphatic rings. The lowest BCUT2D eigenvalue weighted by molar-refractivity contribution is -0.142. The van der Waals surface area contributed by atoms with Crippen LogP contribution in [0.25, 0.3) is 0 Å². The van der Waals surface area contributed by atoms with E-state index >= 15 is 0 Å². The van der Waals surface area contributed by atoms with Crippen LogP contribution >= 0.6 is 24.0 Å². The van der Waals surface area contributed by atoms with Crippen molar-refractivity contribution in [3.63, 3.8) is 0 Å². The number of guanidine groups is 1. The summed E-state index contributed by atoms with van der Waals surface area (Å²) in [5.41, 5.74) is 0. The molecule has 0 radical (unpaired) electrons. The number of piperazine rings is 1. The molecule has 3 atom stereocenters. The van der Waals surface area contributed by atoms with E-state index in [1.807, 2.05) is 11.9 Å². The van der Waals surface area contributed by atoms with Crippen LogP contribution in [0, 0.1) is 5.92 Å². The van der Waals surface area contributed by atoms with Gasteiger partial charge >= 0.3 is 0 Å². The third-order valence-corrected chi connectivity index (χ3v) is 6.06. The molecule has 0 bridgehead atoms. The van der Waals surface area contributed by atoms with Gasteiger partial charge in [0.15, 0.2) is 5.96 Å². The first-order valence-electron chi connectivity index (χ1n) is 10.7. The average molecular weight is 508 g/mol. The van der Waals surface area contributed by atoms with E-state index in [-0.39, 0.29) is 36.0 Å². The smallest absolute Gasteiger partial charge is 0.251 e. The Morgan fingerprint density at radius 3 is 2.46 bits per heavy atom. The molecule has 3 rings (SSSR count). The maximum absolute atomic E-state index is 12.5. The molecule has 1 aliphatic carbocycles. The van der Waals surface area contributed by atoms with Gasteiger partial charge in [-0.2, -0.15) is 0 Å². The van der Waals surface area contributed by atoms with Crippen molar-refractivity contribution in [3.05, 3.63) is 0 Å². The van der Waals surface area contributed by atoms with Crippen LogP contribution in [-0.4, -0.2) is 86.9 Å². The Bertz CT molecular complexity index is 506. The van der Waals surface area contributed by atoms with E-state index in [0.717, 1.165) is 51.5 Å². The minimum absolute atomic E-state index is 0. The van der Waals surface area contributed by atoms with Crippen LogP contribution in [0.5, 0.6) is 0 Å². The first-order chi connectivity index (χ1) is 13.2. The number of hydrogen-bond acceptors (Lipinski definition) is 4. The zero-order valence-corrected chi connectivity index (χ0v) is 19.7. The SMILES string of the molecule is CN=C(NCCOC1CCCCC1C)N1CCN(C(=O)C2CCCO2)CC1.I. The van der Waals surface area contributed by atoms with Crippen LogP contribution in [0.2, 0.25) is 0 Å². The maximum atomic E-state index is 12.5. The fourth-order valence-corrected chi connectivity index (χ4v) is 4.35. The summed E-state index contributed by atoms with van der Waals surface area (Å²) in [5.74, 6) is 1.73. The molecule has 28 heavy (non-hydrogen) atoms. The molecular formula is C20H37IN4O3. The molecule has 0 aromatic rings. The van der Waals surface area contributed by atoms with E-state index in [0.29, 0.717) is 25.2 Å². The standard InChI is InChI=1S/C20H36N4O3.HI/c1-16-6-3-4-7-17(16)27-15-9-22-20(21-2)24-12-10-23(11-13-24)19(25)18-8-5-14-26-18;/h16-18H,3-15H2,1-2H3,(H,21,22);1H. The molecule has 3 fully saturated rings. The zero-order valence-electron chi connectivity index (χ0n) is 17.4. The van der Waals surface area contributed by atoms with Crippen molar-refractivity contribution in [2.45, 2.75) is 57.7 Å². The van der Waals surface area contributed by atoms with Crippen molar-refractivity contribution in [2.75, 3.05) is 53.0 Å². The topological polar surface area (TPSA) is 66.4 Å². The fraction of sp³-hybridized carbons (Fsp3) is 0.900. The minimum atomic E-state index is -0.215. The molecule has 162 valence electrons. The lowest BCUT2D eigenvalue weighted by Crippen LogP contribution is -2.55. The summed E-state index contributed by atoms with van der Waals surface area (Å²) >= 11 is 0. The predicted molar refractivity (Wildman–Crippen MR) is 121 cm³/mol. The summed E-state index contributed by atoms with van der Waals surface area (Å²) in [4.78, 5) is 21.0. The van der Waals surface area contributed by atoms with Gasteiger partial charge in [0, 0.05) is 46.4 Å². The second-order valence-corrected chi connectivity index (χ2v) is 7.96. The number of amides is 1. The number of aliphatic imine (C=N–C) groups is 1. The van der Waals surface area contributed by atoms with Gasteiger partial charge in [0.25, 0.3) is 5.91 Å².